The molecule has 0 saturated carbocycles. The normalized spacial score (nSPS) is 19.4. The highest BCUT2D eigenvalue weighted by Gasteiger charge is 2.33. The molecule has 1 aromatic carbocycles. The minimum absolute atomic E-state index is 0.0323. The zero-order valence-electron chi connectivity index (χ0n) is 9.86. The molecule has 0 amide bonds. The summed E-state index contributed by atoms with van der Waals surface area (Å²) < 4.78 is 6.70. The fourth-order valence-corrected chi connectivity index (χ4v) is 2.72. The van der Waals surface area contributed by atoms with Crippen LogP contribution < -0.4 is 0 Å². The van der Waals surface area contributed by atoms with E-state index in [0.717, 1.165) is 26.1 Å². The van der Waals surface area contributed by atoms with Crippen LogP contribution in [0.15, 0.2) is 29.4 Å². The molecule has 0 spiro atoms. The number of ether oxygens (including phenoxy) is 1. The third-order valence-corrected chi connectivity index (χ3v) is 3.86. The third-order valence-electron chi connectivity index (χ3n) is 3.19. The Balaban J connectivity index is 2.35. The van der Waals surface area contributed by atoms with E-state index >= 15 is 0 Å². The Morgan fingerprint density at radius 1 is 1.41 bits per heavy atom. The van der Waals surface area contributed by atoms with E-state index in [1.54, 1.807) is 7.11 Å². The van der Waals surface area contributed by atoms with Crippen LogP contribution in [0.1, 0.15) is 18.4 Å². The fraction of sp³-hybridized carbons (Fsp3) is 0.462. The molecule has 92 valence electrons. The molecule has 0 radical (unpaired) electrons. The van der Waals surface area contributed by atoms with Crippen molar-refractivity contribution in [3.05, 3.63) is 33.4 Å². The maximum Gasteiger partial charge on any atom is 0.106 e. The second-order valence-electron chi connectivity index (χ2n) is 4.20. The highest BCUT2D eigenvalue weighted by Crippen LogP contribution is 2.33. The molecule has 4 heteroatoms. The Bertz CT molecular complexity index is 400. The molecular formula is C13H16INO2. The molecule has 0 N–H and O–H groups in total. The van der Waals surface area contributed by atoms with Crippen molar-refractivity contribution >= 4 is 28.8 Å². The Morgan fingerprint density at radius 2 is 2.18 bits per heavy atom. The Labute approximate surface area is 115 Å². The van der Waals surface area contributed by atoms with E-state index < -0.39 is 0 Å². The van der Waals surface area contributed by atoms with Gasteiger partial charge in [-0.2, -0.15) is 0 Å². The minimum atomic E-state index is -0.0323. The van der Waals surface area contributed by atoms with E-state index in [0.29, 0.717) is 0 Å². The summed E-state index contributed by atoms with van der Waals surface area (Å²) >= 11 is 2.34. The molecule has 17 heavy (non-hydrogen) atoms. The smallest absolute Gasteiger partial charge is 0.106 e. The van der Waals surface area contributed by atoms with Gasteiger partial charge in [-0.3, -0.25) is 0 Å². The first kappa shape index (κ1) is 12.8. The molecule has 1 saturated heterocycles. The molecule has 1 aliphatic rings. The number of benzene rings is 1. The van der Waals surface area contributed by atoms with Crippen LogP contribution in [0.4, 0.5) is 0 Å². The van der Waals surface area contributed by atoms with Crippen LogP contribution in [0.2, 0.25) is 0 Å². The zero-order chi connectivity index (χ0) is 12.1. The SMILES string of the molecule is CO/N=C/C1(c2cccc(I)c2)CCOCC1. The molecule has 0 unspecified atom stereocenters. The molecule has 0 bridgehead atoms. The van der Waals surface area contributed by atoms with Gasteiger partial charge in [0, 0.05) is 22.2 Å². The van der Waals surface area contributed by atoms with Gasteiger partial charge in [-0.25, -0.2) is 0 Å². The number of halogens is 1. The number of oxime groups is 1. The van der Waals surface area contributed by atoms with Crippen molar-refractivity contribution in [2.24, 2.45) is 5.16 Å². The minimum Gasteiger partial charge on any atom is -0.399 e. The van der Waals surface area contributed by atoms with Gasteiger partial charge in [0.2, 0.25) is 0 Å². The molecule has 1 aliphatic heterocycles. The standard InChI is InChI=1S/C13H16INO2/c1-16-15-10-13(5-7-17-8-6-13)11-3-2-4-12(14)9-11/h2-4,9-10H,5-8H2,1H3/b15-10+. The van der Waals surface area contributed by atoms with Crippen LogP contribution in [0.3, 0.4) is 0 Å². The summed E-state index contributed by atoms with van der Waals surface area (Å²) in [6.07, 6.45) is 3.85. The Kier molecular flexibility index (Phi) is 4.39. The summed E-state index contributed by atoms with van der Waals surface area (Å²) in [4.78, 5) is 4.85. The van der Waals surface area contributed by atoms with Gasteiger partial charge in [-0.05, 0) is 53.1 Å². The fourth-order valence-electron chi connectivity index (χ4n) is 2.18. The second kappa shape index (κ2) is 5.82. The van der Waals surface area contributed by atoms with E-state index in [1.165, 1.54) is 9.13 Å². The van der Waals surface area contributed by atoms with Crippen LogP contribution >= 0.6 is 22.6 Å². The molecule has 0 aliphatic carbocycles. The number of rotatable bonds is 3. The quantitative estimate of drug-likeness (QED) is 0.479. The summed E-state index contributed by atoms with van der Waals surface area (Å²) in [5.74, 6) is 0. The highest BCUT2D eigenvalue weighted by atomic mass is 127. The number of hydrogen-bond acceptors (Lipinski definition) is 3. The molecule has 1 aromatic rings. The van der Waals surface area contributed by atoms with E-state index in [9.17, 15) is 0 Å². The second-order valence-corrected chi connectivity index (χ2v) is 5.44. The summed E-state index contributed by atoms with van der Waals surface area (Å²) in [6.45, 7) is 1.56. The molecule has 1 fully saturated rings. The summed E-state index contributed by atoms with van der Waals surface area (Å²) in [6, 6.07) is 8.57. The molecular weight excluding hydrogens is 329 g/mol. The van der Waals surface area contributed by atoms with Crippen molar-refractivity contribution in [2.75, 3.05) is 20.3 Å². The van der Waals surface area contributed by atoms with Crippen LogP contribution in [-0.2, 0) is 15.0 Å². The first-order chi connectivity index (χ1) is 8.27. The topological polar surface area (TPSA) is 30.8 Å². The van der Waals surface area contributed by atoms with E-state index in [2.05, 4.69) is 52.0 Å². The zero-order valence-corrected chi connectivity index (χ0v) is 12.0. The van der Waals surface area contributed by atoms with Gasteiger partial charge >= 0.3 is 0 Å². The van der Waals surface area contributed by atoms with Crippen LogP contribution in [-0.4, -0.2) is 26.5 Å². The summed E-state index contributed by atoms with van der Waals surface area (Å²) in [5.41, 5.74) is 1.27. The van der Waals surface area contributed by atoms with Crippen molar-refractivity contribution in [1.29, 1.82) is 0 Å². The van der Waals surface area contributed by atoms with Gasteiger partial charge in [0.25, 0.3) is 0 Å². The third kappa shape index (κ3) is 2.98. The van der Waals surface area contributed by atoms with Crippen molar-refractivity contribution in [3.8, 4) is 0 Å². The van der Waals surface area contributed by atoms with Crippen molar-refractivity contribution in [3.63, 3.8) is 0 Å². The molecule has 0 atom stereocenters. The Morgan fingerprint density at radius 3 is 2.82 bits per heavy atom. The Hall–Kier alpha value is -0.620. The average molecular weight is 345 g/mol. The predicted octanol–water partition coefficient (Wildman–Crippen LogP) is 2.97. The van der Waals surface area contributed by atoms with Gasteiger partial charge < -0.3 is 9.57 Å². The molecule has 1 heterocycles. The van der Waals surface area contributed by atoms with Gasteiger partial charge in [0.05, 0.1) is 6.21 Å². The monoisotopic (exact) mass is 345 g/mol. The van der Waals surface area contributed by atoms with Gasteiger partial charge in [0.1, 0.15) is 7.11 Å². The van der Waals surface area contributed by atoms with Gasteiger partial charge in [0.15, 0.2) is 0 Å². The largest absolute Gasteiger partial charge is 0.399 e. The van der Waals surface area contributed by atoms with E-state index in [-0.39, 0.29) is 5.41 Å². The van der Waals surface area contributed by atoms with Crippen molar-refractivity contribution in [1.82, 2.24) is 0 Å². The predicted molar refractivity (Wildman–Crippen MR) is 76.4 cm³/mol. The molecule has 2 rings (SSSR count). The number of nitrogens with zero attached hydrogens (tertiary/aromatic N) is 1. The van der Waals surface area contributed by atoms with Crippen LogP contribution in [0, 0.1) is 3.57 Å². The first-order valence-electron chi connectivity index (χ1n) is 5.68. The maximum absolute atomic E-state index is 5.45. The van der Waals surface area contributed by atoms with Crippen LogP contribution in [0.5, 0.6) is 0 Å². The lowest BCUT2D eigenvalue weighted by molar-refractivity contribution is 0.0708. The number of hydrogen-bond donors (Lipinski definition) is 0. The average Bonchev–Trinajstić information content (AvgIpc) is 2.37. The lowest BCUT2D eigenvalue weighted by Crippen LogP contribution is -2.35. The van der Waals surface area contributed by atoms with Crippen LogP contribution in [0.25, 0.3) is 0 Å². The van der Waals surface area contributed by atoms with Gasteiger partial charge in [-0.15, -0.1) is 0 Å². The lowest BCUT2D eigenvalue weighted by atomic mass is 9.75. The van der Waals surface area contributed by atoms with E-state index in [4.69, 9.17) is 9.57 Å². The summed E-state index contributed by atoms with van der Waals surface area (Å²) in [5, 5.41) is 3.99. The van der Waals surface area contributed by atoms with Crippen molar-refractivity contribution in [2.45, 2.75) is 18.3 Å². The first-order valence-corrected chi connectivity index (χ1v) is 6.76. The summed E-state index contributed by atoms with van der Waals surface area (Å²) in [7, 11) is 1.58. The molecule has 3 nitrogen and oxygen atoms in total. The highest BCUT2D eigenvalue weighted by molar-refractivity contribution is 14.1. The maximum atomic E-state index is 5.45. The van der Waals surface area contributed by atoms with E-state index in [1.807, 2.05) is 6.21 Å². The van der Waals surface area contributed by atoms with Gasteiger partial charge in [-0.1, -0.05) is 17.3 Å². The van der Waals surface area contributed by atoms with Crippen molar-refractivity contribution < 1.29 is 9.57 Å². The molecule has 0 aromatic heterocycles. The lowest BCUT2D eigenvalue weighted by Gasteiger charge is -2.34.